The molecule has 14 heavy (non-hydrogen) atoms. The lowest BCUT2D eigenvalue weighted by Crippen LogP contribution is -2.20. The number of nitrogens with one attached hydrogen (secondary N) is 1. The average Bonchev–Trinajstić information content (AvgIpc) is 2.16. The average molecular weight is 207 g/mol. The number of ketones is 1. The Balaban J connectivity index is 2.42. The van der Waals surface area contributed by atoms with E-state index in [-0.39, 0.29) is 5.78 Å². The highest BCUT2D eigenvalue weighted by Crippen LogP contribution is 2.23. The Morgan fingerprint density at radius 1 is 1.57 bits per heavy atom. The van der Waals surface area contributed by atoms with E-state index >= 15 is 0 Å². The highest BCUT2D eigenvalue weighted by atomic mass is 32.1. The van der Waals surface area contributed by atoms with E-state index in [9.17, 15) is 4.79 Å². The summed E-state index contributed by atoms with van der Waals surface area (Å²) in [6.07, 6.45) is 0. The lowest BCUT2D eigenvalue weighted by atomic mass is 10.1. The maximum Gasteiger partial charge on any atom is 0.261 e. The monoisotopic (exact) mass is 207 g/mol. The Morgan fingerprint density at radius 2 is 2.36 bits per heavy atom. The SMILES string of the molecule is CC(=O)c1ccc2c(c1)NC(=S)OC2. The van der Waals surface area contributed by atoms with Crippen molar-refractivity contribution in [1.82, 2.24) is 0 Å². The van der Waals surface area contributed by atoms with Gasteiger partial charge in [0, 0.05) is 16.8 Å². The Hall–Kier alpha value is -1.42. The van der Waals surface area contributed by atoms with Crippen LogP contribution in [0.5, 0.6) is 0 Å². The molecule has 0 unspecified atom stereocenters. The maximum atomic E-state index is 11.1. The molecule has 1 aliphatic heterocycles. The second kappa shape index (κ2) is 3.38. The molecule has 1 aromatic rings. The molecular formula is C10H9NO2S. The fourth-order valence-corrected chi connectivity index (χ4v) is 1.50. The van der Waals surface area contributed by atoms with Gasteiger partial charge in [-0.15, -0.1) is 0 Å². The fraction of sp³-hybridized carbons (Fsp3) is 0.200. The predicted octanol–water partition coefficient (Wildman–Crippen LogP) is 2.12. The number of carbonyl (C=O) groups excluding carboxylic acids is 1. The van der Waals surface area contributed by atoms with Crippen LogP contribution in [0.1, 0.15) is 22.8 Å². The molecule has 0 amide bonds. The standard InChI is InChI=1S/C10H9NO2S/c1-6(12)7-2-3-8-5-13-10(14)11-9(8)4-7/h2-4H,5H2,1H3,(H,11,14). The molecule has 1 N–H and O–H groups in total. The van der Waals surface area contributed by atoms with Crippen molar-refractivity contribution < 1.29 is 9.53 Å². The third-order valence-corrected chi connectivity index (χ3v) is 2.33. The van der Waals surface area contributed by atoms with Crippen molar-refractivity contribution >= 4 is 28.9 Å². The summed E-state index contributed by atoms with van der Waals surface area (Å²) in [4.78, 5) is 11.1. The Kier molecular flexibility index (Phi) is 2.21. The molecule has 0 spiro atoms. The van der Waals surface area contributed by atoms with Gasteiger partial charge in [0.25, 0.3) is 5.17 Å². The molecule has 0 bridgehead atoms. The first kappa shape index (κ1) is 9.15. The van der Waals surface area contributed by atoms with E-state index < -0.39 is 0 Å². The van der Waals surface area contributed by atoms with Crippen molar-refractivity contribution in [3.8, 4) is 0 Å². The van der Waals surface area contributed by atoms with Crippen molar-refractivity contribution in [3.05, 3.63) is 29.3 Å². The van der Waals surface area contributed by atoms with Crippen molar-refractivity contribution in [3.63, 3.8) is 0 Å². The van der Waals surface area contributed by atoms with E-state index in [0.29, 0.717) is 17.3 Å². The van der Waals surface area contributed by atoms with Crippen LogP contribution in [0.25, 0.3) is 0 Å². The summed E-state index contributed by atoms with van der Waals surface area (Å²) >= 11 is 4.87. The summed E-state index contributed by atoms with van der Waals surface area (Å²) in [5.41, 5.74) is 2.57. The van der Waals surface area contributed by atoms with Gasteiger partial charge in [-0.25, -0.2) is 0 Å². The van der Waals surface area contributed by atoms with Gasteiger partial charge in [-0.3, -0.25) is 4.79 Å². The van der Waals surface area contributed by atoms with Crippen molar-refractivity contribution in [1.29, 1.82) is 0 Å². The van der Waals surface area contributed by atoms with Crippen LogP contribution in [0.15, 0.2) is 18.2 Å². The van der Waals surface area contributed by atoms with E-state index in [1.165, 1.54) is 0 Å². The predicted molar refractivity (Wildman–Crippen MR) is 57.5 cm³/mol. The van der Waals surface area contributed by atoms with E-state index in [1.807, 2.05) is 6.07 Å². The molecule has 0 aromatic heterocycles. The van der Waals surface area contributed by atoms with E-state index in [0.717, 1.165) is 11.3 Å². The summed E-state index contributed by atoms with van der Waals surface area (Å²) in [6, 6.07) is 5.47. The van der Waals surface area contributed by atoms with Crippen LogP contribution in [-0.4, -0.2) is 11.0 Å². The molecule has 0 atom stereocenters. The van der Waals surface area contributed by atoms with Crippen LogP contribution in [0, 0.1) is 0 Å². The number of rotatable bonds is 1. The summed E-state index contributed by atoms with van der Waals surface area (Å²) in [7, 11) is 0. The Labute approximate surface area is 87.1 Å². The number of carbonyl (C=O) groups is 1. The van der Waals surface area contributed by atoms with Crippen molar-refractivity contribution in [2.24, 2.45) is 0 Å². The molecule has 0 radical (unpaired) electrons. The van der Waals surface area contributed by atoms with Crippen LogP contribution in [0.3, 0.4) is 0 Å². The maximum absolute atomic E-state index is 11.1. The van der Waals surface area contributed by atoms with Gasteiger partial charge in [0.15, 0.2) is 5.78 Å². The summed E-state index contributed by atoms with van der Waals surface area (Å²) in [5.74, 6) is 0.0482. The van der Waals surface area contributed by atoms with Gasteiger partial charge in [-0.1, -0.05) is 12.1 Å². The van der Waals surface area contributed by atoms with E-state index in [4.69, 9.17) is 17.0 Å². The van der Waals surface area contributed by atoms with Gasteiger partial charge < -0.3 is 10.1 Å². The molecule has 3 nitrogen and oxygen atoms in total. The lowest BCUT2D eigenvalue weighted by molar-refractivity contribution is 0.101. The molecule has 0 fully saturated rings. The molecule has 0 saturated carbocycles. The van der Waals surface area contributed by atoms with Crippen LogP contribution in [0.4, 0.5) is 5.69 Å². The molecule has 1 heterocycles. The topological polar surface area (TPSA) is 38.3 Å². The summed E-state index contributed by atoms with van der Waals surface area (Å²) in [5, 5.41) is 3.27. The van der Waals surface area contributed by atoms with E-state index in [1.54, 1.807) is 19.1 Å². The number of hydrogen-bond acceptors (Lipinski definition) is 3. The minimum Gasteiger partial charge on any atom is -0.466 e. The van der Waals surface area contributed by atoms with Gasteiger partial charge in [0.2, 0.25) is 0 Å². The zero-order chi connectivity index (χ0) is 10.1. The third-order valence-electron chi connectivity index (χ3n) is 2.11. The summed E-state index contributed by atoms with van der Waals surface area (Å²) in [6.45, 7) is 2.01. The van der Waals surface area contributed by atoms with E-state index in [2.05, 4.69) is 5.32 Å². The lowest BCUT2D eigenvalue weighted by Gasteiger charge is -2.19. The van der Waals surface area contributed by atoms with Gasteiger partial charge in [0.1, 0.15) is 6.61 Å². The number of ether oxygens (including phenoxy) is 1. The number of hydrogen-bond donors (Lipinski definition) is 1. The quantitative estimate of drug-likeness (QED) is 0.565. The molecule has 0 aliphatic carbocycles. The van der Waals surface area contributed by atoms with Gasteiger partial charge >= 0.3 is 0 Å². The molecule has 1 aromatic carbocycles. The Morgan fingerprint density at radius 3 is 3.07 bits per heavy atom. The number of fused-ring (bicyclic) bond motifs is 1. The van der Waals surface area contributed by atoms with Crippen LogP contribution < -0.4 is 5.32 Å². The zero-order valence-electron chi connectivity index (χ0n) is 7.66. The fourth-order valence-electron chi connectivity index (χ4n) is 1.33. The van der Waals surface area contributed by atoms with Crippen LogP contribution in [-0.2, 0) is 11.3 Å². The van der Waals surface area contributed by atoms with Gasteiger partial charge in [-0.2, -0.15) is 0 Å². The molecule has 4 heteroatoms. The second-order valence-corrected chi connectivity index (χ2v) is 3.50. The first-order valence-corrected chi connectivity index (χ1v) is 4.65. The highest BCUT2D eigenvalue weighted by molar-refractivity contribution is 7.80. The highest BCUT2D eigenvalue weighted by Gasteiger charge is 2.13. The molecular weight excluding hydrogens is 198 g/mol. The van der Waals surface area contributed by atoms with Crippen LogP contribution >= 0.6 is 12.2 Å². The second-order valence-electron chi connectivity index (χ2n) is 3.13. The number of Topliss-reactive ketones (excluding diaryl/α,β-unsaturated/α-hetero) is 1. The van der Waals surface area contributed by atoms with Crippen molar-refractivity contribution in [2.75, 3.05) is 5.32 Å². The third kappa shape index (κ3) is 1.61. The summed E-state index contributed by atoms with van der Waals surface area (Å²) < 4.78 is 5.14. The Bertz CT molecular complexity index is 415. The van der Waals surface area contributed by atoms with Gasteiger partial charge in [0.05, 0.1) is 0 Å². The molecule has 2 rings (SSSR count). The minimum absolute atomic E-state index is 0.0482. The molecule has 1 aliphatic rings. The number of anilines is 1. The first-order valence-electron chi connectivity index (χ1n) is 4.24. The normalized spacial score (nSPS) is 13.9. The van der Waals surface area contributed by atoms with Gasteiger partial charge in [-0.05, 0) is 25.2 Å². The minimum atomic E-state index is 0.0482. The molecule has 0 saturated heterocycles. The number of benzene rings is 1. The first-order chi connectivity index (χ1) is 6.66. The zero-order valence-corrected chi connectivity index (χ0v) is 8.48. The largest absolute Gasteiger partial charge is 0.466 e. The molecule has 72 valence electrons. The smallest absolute Gasteiger partial charge is 0.261 e. The van der Waals surface area contributed by atoms with Crippen LogP contribution in [0.2, 0.25) is 0 Å². The van der Waals surface area contributed by atoms with Crippen molar-refractivity contribution in [2.45, 2.75) is 13.5 Å². The number of thiocarbonyl (C=S) groups is 1.